The molecule has 4 rings (SSSR count). The van der Waals surface area contributed by atoms with E-state index >= 15 is 0 Å². The fourth-order valence-electron chi connectivity index (χ4n) is 3.85. The van der Waals surface area contributed by atoms with Crippen molar-refractivity contribution in [1.82, 2.24) is 14.3 Å². The maximum atomic E-state index is 11.2. The summed E-state index contributed by atoms with van der Waals surface area (Å²) in [6.45, 7) is 3.62. The van der Waals surface area contributed by atoms with E-state index in [0.717, 1.165) is 22.6 Å². The minimum Gasteiger partial charge on any atom is -0.496 e. The number of amides is 1. The zero-order valence-electron chi connectivity index (χ0n) is 17.0. The first kappa shape index (κ1) is 20.2. The summed E-state index contributed by atoms with van der Waals surface area (Å²) >= 11 is 6.32. The number of benzene rings is 1. The number of halogens is 1. The zero-order valence-corrected chi connectivity index (χ0v) is 17.8. The molecule has 1 unspecified atom stereocenters. The minimum atomic E-state index is -0.873. The number of fused-ring (bicyclic) bond motifs is 1. The van der Waals surface area contributed by atoms with Gasteiger partial charge in [0, 0.05) is 61.5 Å². The fourth-order valence-corrected chi connectivity index (χ4v) is 4.10. The number of anilines is 1. The third kappa shape index (κ3) is 3.59. The second-order valence-corrected chi connectivity index (χ2v) is 7.64. The van der Waals surface area contributed by atoms with Gasteiger partial charge in [-0.15, -0.1) is 0 Å². The minimum absolute atomic E-state index is 0.0761. The molecule has 1 saturated heterocycles. The van der Waals surface area contributed by atoms with Crippen LogP contribution < -0.4 is 14.4 Å². The molecule has 1 aromatic carbocycles. The SMILES string of the molecule is COc1cc(OC)c(-c2cn3ccc(N4CCN(C(=O)O)CC4C)cc3n2)cc1Cl. The van der Waals surface area contributed by atoms with Crippen LogP contribution in [0.3, 0.4) is 0 Å². The summed E-state index contributed by atoms with van der Waals surface area (Å²) in [7, 11) is 3.16. The maximum Gasteiger partial charge on any atom is 0.407 e. The van der Waals surface area contributed by atoms with Crippen molar-refractivity contribution in [2.45, 2.75) is 13.0 Å². The molecule has 1 aliphatic heterocycles. The van der Waals surface area contributed by atoms with Crippen LogP contribution in [0, 0.1) is 0 Å². The molecule has 1 fully saturated rings. The van der Waals surface area contributed by atoms with Crippen molar-refractivity contribution in [1.29, 1.82) is 0 Å². The lowest BCUT2D eigenvalue weighted by Gasteiger charge is -2.40. The number of nitrogens with zero attached hydrogens (tertiary/aromatic N) is 4. The number of aromatic nitrogens is 2. The molecule has 3 heterocycles. The van der Waals surface area contributed by atoms with Gasteiger partial charge in [0.1, 0.15) is 17.1 Å². The lowest BCUT2D eigenvalue weighted by atomic mass is 10.1. The highest BCUT2D eigenvalue weighted by atomic mass is 35.5. The number of ether oxygens (including phenoxy) is 2. The molecule has 1 atom stereocenters. The second kappa shape index (κ2) is 7.95. The molecule has 0 aliphatic carbocycles. The molecule has 1 aliphatic rings. The summed E-state index contributed by atoms with van der Waals surface area (Å²) in [5.74, 6) is 1.16. The number of carboxylic acid groups (broad SMARTS) is 1. The number of pyridine rings is 1. The Morgan fingerprint density at radius 1 is 1.20 bits per heavy atom. The Bertz CT molecular complexity index is 1100. The normalized spacial score (nSPS) is 16.7. The molecule has 1 N–H and O–H groups in total. The van der Waals surface area contributed by atoms with E-state index in [1.807, 2.05) is 35.9 Å². The van der Waals surface area contributed by atoms with Crippen LogP contribution in [0.4, 0.5) is 10.5 Å². The van der Waals surface area contributed by atoms with Crippen LogP contribution in [0.15, 0.2) is 36.7 Å². The lowest BCUT2D eigenvalue weighted by Crippen LogP contribution is -2.53. The van der Waals surface area contributed by atoms with E-state index in [0.29, 0.717) is 36.2 Å². The number of methoxy groups -OCH3 is 2. The van der Waals surface area contributed by atoms with Gasteiger partial charge in [0.15, 0.2) is 0 Å². The van der Waals surface area contributed by atoms with Crippen LogP contribution in [-0.4, -0.2) is 65.4 Å². The van der Waals surface area contributed by atoms with E-state index in [4.69, 9.17) is 26.1 Å². The summed E-state index contributed by atoms with van der Waals surface area (Å²) in [5, 5.41) is 9.71. The number of rotatable bonds is 4. The van der Waals surface area contributed by atoms with Gasteiger partial charge in [-0.1, -0.05) is 11.6 Å². The number of hydrogen-bond acceptors (Lipinski definition) is 5. The second-order valence-electron chi connectivity index (χ2n) is 7.23. The Hall–Kier alpha value is -3.13. The maximum absolute atomic E-state index is 11.2. The third-order valence-corrected chi connectivity index (χ3v) is 5.72. The van der Waals surface area contributed by atoms with Crippen molar-refractivity contribution >= 4 is 29.0 Å². The van der Waals surface area contributed by atoms with Gasteiger partial charge in [0.05, 0.1) is 24.9 Å². The van der Waals surface area contributed by atoms with E-state index in [-0.39, 0.29) is 6.04 Å². The summed E-state index contributed by atoms with van der Waals surface area (Å²) in [6, 6.07) is 7.64. The van der Waals surface area contributed by atoms with Crippen molar-refractivity contribution in [3.63, 3.8) is 0 Å². The standard InChI is InChI=1S/C21H23ClN4O4/c1-13-11-25(21(27)28)6-7-26(13)14-4-5-24-12-17(23-20(24)8-14)15-9-16(22)19(30-3)10-18(15)29-2/h4-5,8-10,12-13H,6-7,11H2,1-3H3,(H,27,28). The smallest absolute Gasteiger partial charge is 0.407 e. The van der Waals surface area contributed by atoms with Gasteiger partial charge in [-0.3, -0.25) is 0 Å². The first-order valence-electron chi connectivity index (χ1n) is 9.56. The molecule has 0 spiro atoms. The van der Waals surface area contributed by atoms with E-state index < -0.39 is 6.09 Å². The van der Waals surface area contributed by atoms with Crippen molar-refractivity contribution in [3.8, 4) is 22.8 Å². The number of piperazine rings is 1. The first-order chi connectivity index (χ1) is 14.4. The van der Waals surface area contributed by atoms with Crippen LogP contribution >= 0.6 is 11.6 Å². The van der Waals surface area contributed by atoms with Crippen molar-refractivity contribution in [3.05, 3.63) is 41.7 Å². The molecular weight excluding hydrogens is 408 g/mol. The fraction of sp³-hybridized carbons (Fsp3) is 0.333. The van der Waals surface area contributed by atoms with E-state index in [1.54, 1.807) is 26.4 Å². The molecule has 30 heavy (non-hydrogen) atoms. The van der Waals surface area contributed by atoms with Gasteiger partial charge in [0.2, 0.25) is 0 Å². The molecular formula is C21H23ClN4O4. The third-order valence-electron chi connectivity index (χ3n) is 5.42. The highest BCUT2D eigenvalue weighted by Gasteiger charge is 2.27. The summed E-state index contributed by atoms with van der Waals surface area (Å²) < 4.78 is 12.7. The van der Waals surface area contributed by atoms with Gasteiger partial charge in [0.25, 0.3) is 0 Å². The average molecular weight is 431 g/mol. The van der Waals surface area contributed by atoms with Gasteiger partial charge in [-0.2, -0.15) is 0 Å². The van der Waals surface area contributed by atoms with Crippen LogP contribution in [0.1, 0.15) is 6.92 Å². The first-order valence-corrected chi connectivity index (χ1v) is 9.94. The molecule has 9 heteroatoms. The Balaban J connectivity index is 1.67. The predicted molar refractivity (Wildman–Crippen MR) is 115 cm³/mol. The van der Waals surface area contributed by atoms with Gasteiger partial charge >= 0.3 is 6.09 Å². The molecule has 0 radical (unpaired) electrons. The molecule has 2 aromatic heterocycles. The Kier molecular flexibility index (Phi) is 5.34. The Morgan fingerprint density at radius 3 is 2.63 bits per heavy atom. The summed E-state index contributed by atoms with van der Waals surface area (Å²) in [5.41, 5.74) is 3.30. The quantitative estimate of drug-likeness (QED) is 0.677. The van der Waals surface area contributed by atoms with E-state index in [9.17, 15) is 9.90 Å². The van der Waals surface area contributed by atoms with Crippen LogP contribution in [0.5, 0.6) is 11.5 Å². The molecule has 3 aromatic rings. The van der Waals surface area contributed by atoms with Crippen molar-refractivity contribution in [2.24, 2.45) is 0 Å². The molecule has 1 amide bonds. The van der Waals surface area contributed by atoms with Crippen LogP contribution in [-0.2, 0) is 0 Å². The lowest BCUT2D eigenvalue weighted by molar-refractivity contribution is 0.136. The number of imidazole rings is 1. The van der Waals surface area contributed by atoms with Crippen LogP contribution in [0.2, 0.25) is 5.02 Å². The monoisotopic (exact) mass is 430 g/mol. The highest BCUT2D eigenvalue weighted by molar-refractivity contribution is 6.32. The predicted octanol–water partition coefficient (Wildman–Crippen LogP) is 3.86. The topological polar surface area (TPSA) is 79.5 Å². The molecule has 8 nitrogen and oxygen atoms in total. The van der Waals surface area contributed by atoms with Gasteiger partial charge < -0.3 is 28.8 Å². The summed E-state index contributed by atoms with van der Waals surface area (Å²) in [4.78, 5) is 19.7. The highest BCUT2D eigenvalue weighted by Crippen LogP contribution is 2.38. The zero-order chi connectivity index (χ0) is 21.4. The Labute approximate surface area is 179 Å². The molecule has 0 saturated carbocycles. The Morgan fingerprint density at radius 2 is 1.97 bits per heavy atom. The average Bonchev–Trinajstić information content (AvgIpc) is 3.16. The van der Waals surface area contributed by atoms with E-state index in [2.05, 4.69) is 4.90 Å². The van der Waals surface area contributed by atoms with Crippen molar-refractivity contribution in [2.75, 3.05) is 38.8 Å². The summed E-state index contributed by atoms with van der Waals surface area (Å²) in [6.07, 6.45) is 3.00. The number of carbonyl (C=O) groups is 1. The van der Waals surface area contributed by atoms with E-state index in [1.165, 1.54) is 4.90 Å². The molecule has 158 valence electrons. The number of hydrogen-bond donors (Lipinski definition) is 1. The van der Waals surface area contributed by atoms with Gasteiger partial charge in [-0.25, -0.2) is 9.78 Å². The van der Waals surface area contributed by atoms with Crippen molar-refractivity contribution < 1.29 is 19.4 Å². The van der Waals surface area contributed by atoms with Gasteiger partial charge in [-0.05, 0) is 19.1 Å². The molecule has 0 bridgehead atoms. The van der Waals surface area contributed by atoms with Crippen LogP contribution in [0.25, 0.3) is 16.9 Å². The largest absolute Gasteiger partial charge is 0.496 e.